The highest BCUT2D eigenvalue weighted by Crippen LogP contribution is 2.41. The van der Waals surface area contributed by atoms with E-state index in [1.54, 1.807) is 18.5 Å². The van der Waals surface area contributed by atoms with E-state index in [1.807, 2.05) is 53.1 Å². The SMILES string of the molecule is CN1C(C)(C)CC(CC(=O)c2ccc(Nc3ccc(-c4cc[nH]c(=O)c4)n4ccnc34)cc2)CC1(C)C. The largest absolute Gasteiger partial charge is 0.352 e. The molecule has 192 valence electrons. The first-order valence-corrected chi connectivity index (χ1v) is 12.8. The number of hydrogen-bond acceptors (Lipinski definition) is 5. The van der Waals surface area contributed by atoms with E-state index in [4.69, 9.17) is 0 Å². The van der Waals surface area contributed by atoms with Gasteiger partial charge in [-0.05, 0) is 96.0 Å². The molecule has 0 radical (unpaired) electrons. The summed E-state index contributed by atoms with van der Waals surface area (Å²) < 4.78 is 1.96. The number of carbonyl (C=O) groups is 1. The number of imidazole rings is 1. The van der Waals surface area contributed by atoms with Gasteiger partial charge in [-0.1, -0.05) is 0 Å². The minimum Gasteiger partial charge on any atom is -0.352 e. The van der Waals surface area contributed by atoms with Crippen LogP contribution in [-0.2, 0) is 0 Å². The molecule has 0 spiro atoms. The number of rotatable bonds is 6. The molecule has 0 amide bonds. The molecule has 1 aliphatic heterocycles. The van der Waals surface area contributed by atoms with Gasteiger partial charge in [-0.3, -0.25) is 18.9 Å². The molecule has 0 saturated carbocycles. The van der Waals surface area contributed by atoms with Crippen LogP contribution >= 0.6 is 0 Å². The molecule has 37 heavy (non-hydrogen) atoms. The van der Waals surface area contributed by atoms with E-state index < -0.39 is 0 Å². The Morgan fingerprint density at radius 1 is 1.05 bits per heavy atom. The summed E-state index contributed by atoms with van der Waals surface area (Å²) in [6.45, 7) is 9.09. The molecule has 7 nitrogen and oxygen atoms in total. The number of nitrogens with zero attached hydrogens (tertiary/aromatic N) is 3. The number of carbonyl (C=O) groups excluding carboxylic acids is 1. The minimum atomic E-state index is -0.147. The van der Waals surface area contributed by atoms with Gasteiger partial charge in [0.25, 0.3) is 0 Å². The molecule has 0 aliphatic carbocycles. The average molecular weight is 498 g/mol. The topological polar surface area (TPSA) is 82.5 Å². The maximum Gasteiger partial charge on any atom is 0.248 e. The number of H-pyrrole nitrogens is 1. The van der Waals surface area contributed by atoms with Gasteiger partial charge in [-0.2, -0.15) is 0 Å². The maximum absolute atomic E-state index is 13.2. The molecule has 4 aromatic rings. The Morgan fingerprint density at radius 2 is 1.76 bits per heavy atom. The fraction of sp³-hybridized carbons (Fsp3) is 0.367. The van der Waals surface area contributed by atoms with Crippen molar-refractivity contribution in [2.45, 2.75) is 58.0 Å². The van der Waals surface area contributed by atoms with E-state index in [9.17, 15) is 9.59 Å². The van der Waals surface area contributed by atoms with Crippen molar-refractivity contribution in [2.24, 2.45) is 5.92 Å². The van der Waals surface area contributed by atoms with E-state index >= 15 is 0 Å². The monoisotopic (exact) mass is 497 g/mol. The first-order valence-electron chi connectivity index (χ1n) is 12.8. The third-order valence-corrected chi connectivity index (χ3v) is 7.97. The maximum atomic E-state index is 13.2. The summed E-state index contributed by atoms with van der Waals surface area (Å²) in [7, 11) is 2.19. The van der Waals surface area contributed by atoms with Crippen molar-refractivity contribution in [2.75, 3.05) is 12.4 Å². The van der Waals surface area contributed by atoms with Crippen molar-refractivity contribution in [3.8, 4) is 11.3 Å². The molecule has 1 aromatic carbocycles. The van der Waals surface area contributed by atoms with Crippen molar-refractivity contribution in [1.82, 2.24) is 19.3 Å². The molecule has 1 aliphatic rings. The van der Waals surface area contributed by atoms with Gasteiger partial charge in [0, 0.05) is 59.0 Å². The van der Waals surface area contributed by atoms with Gasteiger partial charge in [-0.25, -0.2) is 4.98 Å². The van der Waals surface area contributed by atoms with Crippen molar-refractivity contribution < 1.29 is 4.79 Å². The van der Waals surface area contributed by atoms with Crippen molar-refractivity contribution in [1.29, 1.82) is 0 Å². The zero-order valence-corrected chi connectivity index (χ0v) is 22.2. The zero-order chi connectivity index (χ0) is 26.4. The Bertz CT molecular complexity index is 1480. The second-order valence-electron chi connectivity index (χ2n) is 11.5. The lowest BCUT2D eigenvalue weighted by Crippen LogP contribution is -2.58. The summed E-state index contributed by atoms with van der Waals surface area (Å²) >= 11 is 0. The van der Waals surface area contributed by atoms with Crippen LogP contribution in [0, 0.1) is 5.92 Å². The first kappa shape index (κ1) is 25.0. The molecule has 3 aromatic heterocycles. The molecule has 2 N–H and O–H groups in total. The van der Waals surface area contributed by atoms with Gasteiger partial charge in [-0.15, -0.1) is 0 Å². The molecule has 0 atom stereocenters. The highest BCUT2D eigenvalue weighted by atomic mass is 16.1. The standard InChI is InChI=1S/C30H35N5O2/c1-29(2)18-20(19-30(3,4)34(29)5)16-26(36)21-6-8-23(9-7-21)33-24-10-11-25(35-15-14-32-28(24)35)22-12-13-31-27(37)17-22/h6-15,17,20,33H,16,18-19H2,1-5H3,(H,31,37). The van der Waals surface area contributed by atoms with Crippen LogP contribution in [0.15, 0.2) is 71.9 Å². The minimum absolute atomic E-state index is 0.0738. The number of likely N-dealkylation sites (tertiary alicyclic amines) is 1. The van der Waals surface area contributed by atoms with Crippen LogP contribution in [0.2, 0.25) is 0 Å². The zero-order valence-electron chi connectivity index (χ0n) is 22.2. The number of fused-ring (bicyclic) bond motifs is 1. The van der Waals surface area contributed by atoms with E-state index in [-0.39, 0.29) is 22.4 Å². The number of aromatic nitrogens is 3. The van der Waals surface area contributed by atoms with E-state index in [0.29, 0.717) is 12.3 Å². The van der Waals surface area contributed by atoms with E-state index in [2.05, 4.69) is 54.9 Å². The first-order chi connectivity index (χ1) is 17.5. The summed E-state index contributed by atoms with van der Waals surface area (Å²) in [5, 5.41) is 3.43. The molecular formula is C30H35N5O2. The quantitative estimate of drug-likeness (QED) is 0.324. The lowest BCUT2D eigenvalue weighted by molar-refractivity contribution is -0.0300. The molecule has 0 bridgehead atoms. The summed E-state index contributed by atoms with van der Waals surface area (Å²) in [4.78, 5) is 34.6. The molecule has 5 rings (SSSR count). The number of anilines is 2. The Labute approximate surface area is 217 Å². The van der Waals surface area contributed by atoms with Crippen LogP contribution in [0.4, 0.5) is 11.4 Å². The van der Waals surface area contributed by atoms with Gasteiger partial charge >= 0.3 is 0 Å². The van der Waals surface area contributed by atoms with Gasteiger partial charge in [0.1, 0.15) is 0 Å². The Morgan fingerprint density at radius 3 is 2.43 bits per heavy atom. The Kier molecular flexibility index (Phi) is 6.28. The second kappa shape index (κ2) is 9.30. The smallest absolute Gasteiger partial charge is 0.248 e. The summed E-state index contributed by atoms with van der Waals surface area (Å²) in [5.41, 5.74) is 4.92. The lowest BCUT2D eigenvalue weighted by atomic mass is 9.72. The van der Waals surface area contributed by atoms with Crippen LogP contribution in [0.25, 0.3) is 16.9 Å². The molecule has 1 saturated heterocycles. The lowest BCUT2D eigenvalue weighted by Gasteiger charge is -2.53. The average Bonchev–Trinajstić information content (AvgIpc) is 3.33. The number of hydrogen-bond donors (Lipinski definition) is 2. The highest BCUT2D eigenvalue weighted by Gasteiger charge is 2.43. The van der Waals surface area contributed by atoms with Gasteiger partial charge < -0.3 is 10.3 Å². The molecule has 4 heterocycles. The predicted molar refractivity (Wildman–Crippen MR) is 149 cm³/mol. The van der Waals surface area contributed by atoms with Crippen LogP contribution in [-0.4, -0.2) is 43.2 Å². The number of aromatic amines is 1. The highest BCUT2D eigenvalue weighted by molar-refractivity contribution is 5.96. The molecule has 1 fully saturated rings. The Balaban J connectivity index is 1.31. The van der Waals surface area contributed by atoms with Crippen molar-refractivity contribution in [3.05, 3.63) is 83.0 Å². The van der Waals surface area contributed by atoms with E-state index in [1.165, 1.54) is 0 Å². The summed E-state index contributed by atoms with van der Waals surface area (Å²) in [6.07, 6.45) is 7.88. The fourth-order valence-electron chi connectivity index (χ4n) is 5.95. The van der Waals surface area contributed by atoms with Crippen LogP contribution < -0.4 is 10.9 Å². The second-order valence-corrected chi connectivity index (χ2v) is 11.5. The van der Waals surface area contributed by atoms with Crippen LogP contribution in [0.1, 0.15) is 57.3 Å². The van der Waals surface area contributed by atoms with E-state index in [0.717, 1.165) is 46.7 Å². The molecular weight excluding hydrogens is 462 g/mol. The number of ketones is 1. The fourth-order valence-corrected chi connectivity index (χ4v) is 5.95. The van der Waals surface area contributed by atoms with Gasteiger partial charge in [0.15, 0.2) is 11.4 Å². The van der Waals surface area contributed by atoms with Crippen LogP contribution in [0.3, 0.4) is 0 Å². The summed E-state index contributed by atoms with van der Waals surface area (Å²) in [6, 6.07) is 15.1. The molecule has 0 unspecified atom stereocenters. The number of benzene rings is 1. The normalized spacial score (nSPS) is 17.6. The van der Waals surface area contributed by atoms with Gasteiger partial charge in [0.05, 0.1) is 11.4 Å². The Hall–Kier alpha value is -3.71. The third-order valence-electron chi connectivity index (χ3n) is 7.97. The van der Waals surface area contributed by atoms with Crippen molar-refractivity contribution in [3.63, 3.8) is 0 Å². The van der Waals surface area contributed by atoms with Crippen molar-refractivity contribution >= 4 is 22.8 Å². The number of piperidine rings is 1. The predicted octanol–water partition coefficient (Wildman–Crippen LogP) is 5.91. The summed E-state index contributed by atoms with van der Waals surface area (Å²) in [5.74, 6) is 0.574. The third kappa shape index (κ3) is 4.96. The van der Waals surface area contributed by atoms with Gasteiger partial charge in [0.2, 0.25) is 5.56 Å². The van der Waals surface area contributed by atoms with Crippen LogP contribution in [0.5, 0.6) is 0 Å². The number of Topliss-reactive ketones (excluding diaryl/α,β-unsaturated/α-hetero) is 1. The molecule has 7 heteroatoms. The number of nitrogens with one attached hydrogen (secondary N) is 2. The number of pyridine rings is 2.